The molecular formula is C21H25NS. The number of nitrogens with one attached hydrogen (secondary N) is 1. The van der Waals surface area contributed by atoms with Crippen molar-refractivity contribution in [3.8, 4) is 0 Å². The summed E-state index contributed by atoms with van der Waals surface area (Å²) in [4.78, 5) is 0.885. The number of thiocarbonyl (C=S) groups is 1. The van der Waals surface area contributed by atoms with Crippen LogP contribution in [0, 0.1) is 34.6 Å². The van der Waals surface area contributed by atoms with Crippen molar-refractivity contribution in [2.75, 3.05) is 5.32 Å². The van der Waals surface area contributed by atoms with Gasteiger partial charge in [0.05, 0.1) is 0 Å². The molecule has 0 aliphatic rings. The smallest absolute Gasteiger partial charge is 0.0471 e. The molecule has 0 atom stereocenters. The number of benzene rings is 2. The van der Waals surface area contributed by atoms with Crippen LogP contribution in [-0.2, 0) is 0 Å². The van der Waals surface area contributed by atoms with Gasteiger partial charge in [0.2, 0.25) is 0 Å². The van der Waals surface area contributed by atoms with Gasteiger partial charge in [-0.3, -0.25) is 0 Å². The summed E-state index contributed by atoms with van der Waals surface area (Å²) >= 11 is 5.68. The van der Waals surface area contributed by atoms with E-state index in [0.29, 0.717) is 0 Å². The molecule has 2 heteroatoms. The highest BCUT2D eigenvalue weighted by Gasteiger charge is 2.08. The van der Waals surface area contributed by atoms with E-state index >= 15 is 0 Å². The lowest BCUT2D eigenvalue weighted by atomic mass is 9.97. The van der Waals surface area contributed by atoms with Crippen molar-refractivity contribution < 1.29 is 0 Å². The van der Waals surface area contributed by atoms with Gasteiger partial charge in [-0.25, -0.2) is 0 Å². The second kappa shape index (κ2) is 7.10. The van der Waals surface area contributed by atoms with Gasteiger partial charge in [0.15, 0.2) is 0 Å². The predicted octanol–water partition coefficient (Wildman–Crippen LogP) is 5.96. The summed E-state index contributed by atoms with van der Waals surface area (Å²) in [6.07, 6.45) is 2.06. The third kappa shape index (κ3) is 4.08. The monoisotopic (exact) mass is 323 g/mol. The number of aryl methyl sites for hydroxylation is 5. The largest absolute Gasteiger partial charge is 0.359 e. The minimum Gasteiger partial charge on any atom is -0.359 e. The summed E-state index contributed by atoms with van der Waals surface area (Å²) in [5.74, 6) is 0. The second-order valence-electron chi connectivity index (χ2n) is 6.36. The van der Waals surface area contributed by atoms with E-state index in [1.807, 2.05) is 0 Å². The highest BCUT2D eigenvalue weighted by molar-refractivity contribution is 7.81. The van der Waals surface area contributed by atoms with Crippen LogP contribution >= 0.6 is 12.2 Å². The molecule has 0 spiro atoms. The van der Waals surface area contributed by atoms with Crippen molar-refractivity contribution in [3.63, 3.8) is 0 Å². The Morgan fingerprint density at radius 2 is 1.43 bits per heavy atom. The molecule has 2 aromatic carbocycles. The van der Waals surface area contributed by atoms with Crippen molar-refractivity contribution in [2.45, 2.75) is 41.5 Å². The minimum absolute atomic E-state index is 0.885. The van der Waals surface area contributed by atoms with Crippen LogP contribution in [0.4, 0.5) is 5.69 Å². The molecule has 0 fully saturated rings. The molecule has 0 unspecified atom stereocenters. The van der Waals surface area contributed by atoms with Crippen LogP contribution in [0.2, 0.25) is 0 Å². The van der Waals surface area contributed by atoms with Gasteiger partial charge in [-0.05, 0) is 75.4 Å². The summed E-state index contributed by atoms with van der Waals surface area (Å²) in [6, 6.07) is 10.7. The molecule has 1 N–H and O–H groups in total. The molecule has 120 valence electrons. The quantitative estimate of drug-likeness (QED) is 0.423. The van der Waals surface area contributed by atoms with Crippen molar-refractivity contribution >= 4 is 22.8 Å². The van der Waals surface area contributed by atoms with Gasteiger partial charge in [0.1, 0.15) is 0 Å². The number of anilines is 1. The summed E-state index contributed by atoms with van der Waals surface area (Å²) in [7, 11) is 0. The normalized spacial score (nSPS) is 11.5. The Morgan fingerprint density at radius 3 is 1.96 bits per heavy atom. The first-order valence-corrected chi connectivity index (χ1v) is 8.34. The zero-order valence-corrected chi connectivity index (χ0v) is 15.7. The first-order valence-electron chi connectivity index (χ1n) is 7.93. The van der Waals surface area contributed by atoms with Crippen molar-refractivity contribution in [1.29, 1.82) is 0 Å². The SMILES string of the molecule is CC(=CC(=S)c1c(C)cc(C)cc1C)Nc1c(C)cccc1C. The van der Waals surface area contributed by atoms with Gasteiger partial charge in [0, 0.05) is 16.2 Å². The molecule has 0 aliphatic carbocycles. The molecule has 2 rings (SSSR count). The van der Waals surface area contributed by atoms with E-state index in [4.69, 9.17) is 12.2 Å². The van der Waals surface area contributed by atoms with Gasteiger partial charge in [-0.2, -0.15) is 0 Å². The maximum absolute atomic E-state index is 5.68. The Hall–Kier alpha value is -1.93. The van der Waals surface area contributed by atoms with Crippen LogP contribution in [0.3, 0.4) is 0 Å². The Labute approximate surface area is 145 Å². The van der Waals surface area contributed by atoms with Gasteiger partial charge in [-0.15, -0.1) is 0 Å². The fraction of sp³-hybridized carbons (Fsp3) is 0.286. The molecule has 0 saturated carbocycles. The Balaban J connectivity index is 2.30. The maximum atomic E-state index is 5.68. The summed E-state index contributed by atoms with van der Waals surface area (Å²) in [5, 5.41) is 3.50. The summed E-state index contributed by atoms with van der Waals surface area (Å²) in [5.41, 5.74) is 9.65. The molecule has 1 nitrogen and oxygen atoms in total. The van der Waals surface area contributed by atoms with Gasteiger partial charge in [0.25, 0.3) is 0 Å². The van der Waals surface area contributed by atoms with Crippen LogP contribution in [0.25, 0.3) is 0 Å². The Bertz CT molecular complexity index is 741. The first kappa shape index (κ1) is 17.4. The zero-order valence-electron chi connectivity index (χ0n) is 14.9. The minimum atomic E-state index is 0.885. The number of allylic oxidation sites excluding steroid dienone is 2. The van der Waals surface area contributed by atoms with E-state index in [9.17, 15) is 0 Å². The standard InChI is InChI=1S/C21H25NS/c1-13-10-16(4)20(17(5)11-13)19(23)12-18(6)22-21-14(2)8-7-9-15(21)3/h7-12,22H,1-6H3. The molecule has 0 amide bonds. The van der Waals surface area contributed by atoms with Crippen LogP contribution in [0.5, 0.6) is 0 Å². The summed E-state index contributed by atoms with van der Waals surface area (Å²) in [6.45, 7) is 12.7. The number of rotatable bonds is 4. The molecule has 2 aromatic rings. The lowest BCUT2D eigenvalue weighted by molar-refractivity contribution is 1.29. The third-order valence-electron chi connectivity index (χ3n) is 4.07. The maximum Gasteiger partial charge on any atom is 0.0471 e. The van der Waals surface area contributed by atoms with E-state index in [-0.39, 0.29) is 0 Å². The fourth-order valence-electron chi connectivity index (χ4n) is 3.08. The fourth-order valence-corrected chi connectivity index (χ4v) is 3.58. The average molecular weight is 324 g/mol. The van der Waals surface area contributed by atoms with Crippen molar-refractivity contribution in [2.24, 2.45) is 0 Å². The van der Waals surface area contributed by atoms with Gasteiger partial charge < -0.3 is 5.32 Å². The highest BCUT2D eigenvalue weighted by Crippen LogP contribution is 2.22. The van der Waals surface area contributed by atoms with Gasteiger partial charge >= 0.3 is 0 Å². The number of para-hydroxylation sites is 1. The van der Waals surface area contributed by atoms with E-state index in [2.05, 4.69) is 83.3 Å². The lowest BCUT2D eigenvalue weighted by Crippen LogP contribution is -2.06. The molecule has 0 aromatic heterocycles. The number of hydrogen-bond donors (Lipinski definition) is 1. The number of hydrogen-bond acceptors (Lipinski definition) is 2. The molecule has 0 aliphatic heterocycles. The van der Waals surface area contributed by atoms with Crippen LogP contribution in [-0.4, -0.2) is 4.86 Å². The topological polar surface area (TPSA) is 12.0 Å². The Morgan fingerprint density at radius 1 is 0.913 bits per heavy atom. The van der Waals surface area contributed by atoms with Crippen LogP contribution in [0.1, 0.15) is 40.3 Å². The van der Waals surface area contributed by atoms with E-state index < -0.39 is 0 Å². The molecule has 0 heterocycles. The zero-order chi connectivity index (χ0) is 17.1. The third-order valence-corrected chi connectivity index (χ3v) is 4.40. The Kier molecular flexibility index (Phi) is 5.38. The van der Waals surface area contributed by atoms with E-state index in [1.54, 1.807) is 0 Å². The van der Waals surface area contributed by atoms with E-state index in [1.165, 1.54) is 39.1 Å². The lowest BCUT2D eigenvalue weighted by Gasteiger charge is -2.14. The molecule has 0 radical (unpaired) electrons. The van der Waals surface area contributed by atoms with Gasteiger partial charge in [-0.1, -0.05) is 48.1 Å². The highest BCUT2D eigenvalue weighted by atomic mass is 32.1. The molecule has 23 heavy (non-hydrogen) atoms. The van der Waals surface area contributed by atoms with Crippen molar-refractivity contribution in [1.82, 2.24) is 0 Å². The average Bonchev–Trinajstić information content (AvgIpc) is 2.41. The predicted molar refractivity (Wildman–Crippen MR) is 106 cm³/mol. The van der Waals surface area contributed by atoms with Crippen LogP contribution < -0.4 is 5.32 Å². The summed E-state index contributed by atoms with van der Waals surface area (Å²) < 4.78 is 0. The van der Waals surface area contributed by atoms with Crippen LogP contribution in [0.15, 0.2) is 42.1 Å². The molecule has 0 bridgehead atoms. The first-order chi connectivity index (χ1) is 10.8. The molecule has 0 saturated heterocycles. The van der Waals surface area contributed by atoms with Crippen molar-refractivity contribution in [3.05, 3.63) is 75.5 Å². The van der Waals surface area contributed by atoms with E-state index in [0.717, 1.165) is 10.6 Å². The molecular weight excluding hydrogens is 298 g/mol. The second-order valence-corrected chi connectivity index (χ2v) is 6.80.